The van der Waals surface area contributed by atoms with Crippen LogP contribution in [-0.2, 0) is 14.3 Å². The maximum atomic E-state index is 12.9. The molecule has 0 saturated carbocycles. The van der Waals surface area contributed by atoms with Crippen LogP contribution < -0.4 is 10.2 Å². The second-order valence-corrected chi connectivity index (χ2v) is 5.95. The number of methoxy groups -OCH3 is 1. The molecule has 3 rings (SSSR count). The number of ether oxygens (including phenoxy) is 2. The van der Waals surface area contributed by atoms with Crippen LogP contribution in [0.15, 0.2) is 12.4 Å². The molecule has 0 bridgehead atoms. The number of rotatable bonds is 6. The van der Waals surface area contributed by atoms with E-state index in [0.29, 0.717) is 38.0 Å². The van der Waals surface area contributed by atoms with E-state index < -0.39 is 5.82 Å². The first-order chi connectivity index (χ1) is 11.2. The number of nitrogens with one attached hydrogen (secondary N) is 1. The van der Waals surface area contributed by atoms with Crippen molar-refractivity contribution < 1.29 is 18.7 Å². The summed E-state index contributed by atoms with van der Waals surface area (Å²) in [6.07, 6.45) is 3.61. The van der Waals surface area contributed by atoms with Crippen LogP contribution in [0.5, 0.6) is 0 Å². The maximum absolute atomic E-state index is 12.9. The van der Waals surface area contributed by atoms with Gasteiger partial charge in [0.1, 0.15) is 0 Å². The highest BCUT2D eigenvalue weighted by atomic mass is 19.1. The van der Waals surface area contributed by atoms with Gasteiger partial charge in [0, 0.05) is 32.7 Å². The lowest BCUT2D eigenvalue weighted by atomic mass is 10.0. The number of fused-ring (bicyclic) bond motifs is 1. The minimum Gasteiger partial charge on any atom is -0.383 e. The van der Waals surface area contributed by atoms with E-state index in [-0.39, 0.29) is 18.1 Å². The molecule has 0 aliphatic carbocycles. The molecule has 2 aliphatic heterocycles. The standard InChI is InChI=1S/C15H21FN4O3/c1-22-3-2-17-14(21)5-12-4-10-8-20(9-13(10)23-12)15-18-6-11(16)7-19-15/h6-7,10,12-13H,2-5,8-9H2,1H3,(H,17,21)/t10-,12+,13+/m0/s1. The fourth-order valence-electron chi connectivity index (χ4n) is 3.20. The largest absolute Gasteiger partial charge is 0.383 e. The van der Waals surface area contributed by atoms with E-state index in [1.54, 1.807) is 7.11 Å². The number of nitrogens with zero attached hydrogens (tertiary/aromatic N) is 3. The van der Waals surface area contributed by atoms with Gasteiger partial charge >= 0.3 is 0 Å². The second kappa shape index (κ2) is 7.18. The van der Waals surface area contributed by atoms with E-state index in [1.165, 1.54) is 12.4 Å². The monoisotopic (exact) mass is 324 g/mol. The molecular weight excluding hydrogens is 303 g/mol. The Bertz CT molecular complexity index is 528. The Labute approximate surface area is 134 Å². The number of anilines is 1. The van der Waals surface area contributed by atoms with Crippen molar-refractivity contribution in [1.82, 2.24) is 15.3 Å². The molecular formula is C15H21FN4O3. The molecule has 0 aromatic carbocycles. The highest BCUT2D eigenvalue weighted by molar-refractivity contribution is 5.76. The van der Waals surface area contributed by atoms with Crippen molar-refractivity contribution in [2.24, 2.45) is 5.92 Å². The fraction of sp³-hybridized carbons (Fsp3) is 0.667. The van der Waals surface area contributed by atoms with E-state index >= 15 is 0 Å². The van der Waals surface area contributed by atoms with Gasteiger partial charge < -0.3 is 19.7 Å². The zero-order valence-electron chi connectivity index (χ0n) is 13.1. The lowest BCUT2D eigenvalue weighted by Gasteiger charge is -2.19. The van der Waals surface area contributed by atoms with E-state index in [1.807, 2.05) is 4.90 Å². The van der Waals surface area contributed by atoms with E-state index in [9.17, 15) is 9.18 Å². The lowest BCUT2D eigenvalue weighted by molar-refractivity contribution is -0.123. The van der Waals surface area contributed by atoms with Gasteiger partial charge in [-0.1, -0.05) is 0 Å². The Morgan fingerprint density at radius 3 is 2.96 bits per heavy atom. The number of amides is 1. The van der Waals surface area contributed by atoms with E-state index in [4.69, 9.17) is 9.47 Å². The van der Waals surface area contributed by atoms with Gasteiger partial charge in [-0.05, 0) is 6.42 Å². The average molecular weight is 324 g/mol. The summed E-state index contributed by atoms with van der Waals surface area (Å²) in [7, 11) is 1.60. The van der Waals surface area contributed by atoms with Gasteiger partial charge in [-0.3, -0.25) is 4.79 Å². The normalized spacial score (nSPS) is 26.3. The van der Waals surface area contributed by atoms with Crippen molar-refractivity contribution >= 4 is 11.9 Å². The minimum atomic E-state index is -0.441. The first-order valence-electron chi connectivity index (χ1n) is 7.79. The van der Waals surface area contributed by atoms with Gasteiger partial charge in [-0.15, -0.1) is 0 Å². The molecule has 23 heavy (non-hydrogen) atoms. The molecule has 0 unspecified atom stereocenters. The smallest absolute Gasteiger partial charge is 0.225 e. The van der Waals surface area contributed by atoms with Crippen molar-refractivity contribution in [2.45, 2.75) is 25.0 Å². The van der Waals surface area contributed by atoms with Crippen LogP contribution in [0.3, 0.4) is 0 Å². The van der Waals surface area contributed by atoms with Crippen LogP contribution in [0.25, 0.3) is 0 Å². The summed E-state index contributed by atoms with van der Waals surface area (Å²) in [5.41, 5.74) is 0. The predicted molar refractivity (Wildman–Crippen MR) is 80.5 cm³/mol. The summed E-state index contributed by atoms with van der Waals surface area (Å²) in [5.74, 6) is 0.438. The van der Waals surface area contributed by atoms with Crippen molar-refractivity contribution in [2.75, 3.05) is 38.3 Å². The number of hydrogen-bond acceptors (Lipinski definition) is 6. The lowest BCUT2D eigenvalue weighted by Crippen LogP contribution is -2.31. The topological polar surface area (TPSA) is 76.6 Å². The Morgan fingerprint density at radius 1 is 1.48 bits per heavy atom. The van der Waals surface area contributed by atoms with Crippen molar-refractivity contribution in [1.29, 1.82) is 0 Å². The molecule has 1 aromatic rings. The molecule has 0 radical (unpaired) electrons. The fourth-order valence-corrected chi connectivity index (χ4v) is 3.20. The summed E-state index contributed by atoms with van der Waals surface area (Å²) in [6, 6.07) is 0. The van der Waals surface area contributed by atoms with Crippen LogP contribution in [0.2, 0.25) is 0 Å². The molecule has 2 saturated heterocycles. The highest BCUT2D eigenvalue weighted by Gasteiger charge is 2.43. The average Bonchev–Trinajstić information content (AvgIpc) is 3.06. The molecule has 126 valence electrons. The Kier molecular flexibility index (Phi) is 5.02. The third-order valence-corrected chi connectivity index (χ3v) is 4.24. The Morgan fingerprint density at radius 2 is 2.26 bits per heavy atom. The van der Waals surface area contributed by atoms with Crippen molar-refractivity contribution in [3.63, 3.8) is 0 Å². The minimum absolute atomic E-state index is 0.00857. The maximum Gasteiger partial charge on any atom is 0.225 e. The van der Waals surface area contributed by atoms with Crippen LogP contribution in [0, 0.1) is 11.7 Å². The van der Waals surface area contributed by atoms with Crippen LogP contribution in [0.1, 0.15) is 12.8 Å². The molecule has 3 heterocycles. The van der Waals surface area contributed by atoms with Crippen LogP contribution in [0.4, 0.5) is 10.3 Å². The zero-order chi connectivity index (χ0) is 16.2. The SMILES string of the molecule is COCCNC(=O)C[C@H]1C[C@H]2CN(c3ncc(F)cn3)C[C@H]2O1. The van der Waals surface area contributed by atoms with Crippen LogP contribution >= 0.6 is 0 Å². The Balaban J connectivity index is 1.46. The summed E-state index contributed by atoms with van der Waals surface area (Å²) >= 11 is 0. The molecule has 8 heteroatoms. The third-order valence-electron chi connectivity index (χ3n) is 4.24. The summed E-state index contributed by atoms with van der Waals surface area (Å²) in [4.78, 5) is 21.8. The molecule has 1 aromatic heterocycles. The number of aromatic nitrogens is 2. The first-order valence-corrected chi connectivity index (χ1v) is 7.79. The van der Waals surface area contributed by atoms with Gasteiger partial charge in [-0.2, -0.15) is 0 Å². The molecule has 0 spiro atoms. The molecule has 3 atom stereocenters. The van der Waals surface area contributed by atoms with Gasteiger partial charge in [0.15, 0.2) is 5.82 Å². The zero-order valence-corrected chi connectivity index (χ0v) is 13.1. The van der Waals surface area contributed by atoms with E-state index in [2.05, 4.69) is 15.3 Å². The Hall–Kier alpha value is -1.80. The van der Waals surface area contributed by atoms with Crippen LogP contribution in [-0.4, -0.2) is 61.4 Å². The molecule has 1 amide bonds. The summed E-state index contributed by atoms with van der Waals surface area (Å²) in [6.45, 7) is 2.48. The molecule has 2 aliphatic rings. The summed E-state index contributed by atoms with van der Waals surface area (Å²) < 4.78 is 23.7. The number of carbonyl (C=O) groups is 1. The molecule has 1 N–H and O–H groups in total. The van der Waals surface area contributed by atoms with Gasteiger partial charge in [0.05, 0.1) is 37.6 Å². The van der Waals surface area contributed by atoms with Crippen molar-refractivity contribution in [3.05, 3.63) is 18.2 Å². The van der Waals surface area contributed by atoms with Crippen molar-refractivity contribution in [3.8, 4) is 0 Å². The number of halogens is 1. The first kappa shape index (κ1) is 16.1. The predicted octanol–water partition coefficient (Wildman–Crippen LogP) is 0.362. The third kappa shape index (κ3) is 3.94. The van der Waals surface area contributed by atoms with Gasteiger partial charge in [0.2, 0.25) is 11.9 Å². The molecule has 7 nitrogen and oxygen atoms in total. The molecule has 2 fully saturated rings. The summed E-state index contributed by atoms with van der Waals surface area (Å²) in [5, 5.41) is 2.81. The highest BCUT2D eigenvalue weighted by Crippen LogP contribution is 2.35. The number of hydrogen-bond donors (Lipinski definition) is 1. The van der Waals surface area contributed by atoms with Gasteiger partial charge in [-0.25, -0.2) is 14.4 Å². The van der Waals surface area contributed by atoms with Gasteiger partial charge in [0.25, 0.3) is 0 Å². The quantitative estimate of drug-likeness (QED) is 0.762. The second-order valence-electron chi connectivity index (χ2n) is 5.95. The van der Waals surface area contributed by atoms with E-state index in [0.717, 1.165) is 13.0 Å². The number of carbonyl (C=O) groups excluding carboxylic acids is 1.